The van der Waals surface area contributed by atoms with E-state index in [-0.39, 0.29) is 0 Å². The van der Waals surface area contributed by atoms with Crippen LogP contribution in [0.2, 0.25) is 0 Å². The smallest absolute Gasteiger partial charge is 0.0943 e. The zero-order chi connectivity index (χ0) is 6.81. The van der Waals surface area contributed by atoms with Crippen molar-refractivity contribution in [1.29, 1.82) is 0 Å². The number of benzene rings is 1. The number of rotatable bonds is 0. The predicted octanol–water partition coefficient (Wildman–Crippen LogP) is -1.06. The average molecular weight is 132 g/mol. The zero-order valence-electron chi connectivity index (χ0n) is 5.26. The van der Waals surface area contributed by atoms with Crippen LogP contribution in [0.4, 0.5) is 0 Å². The van der Waals surface area contributed by atoms with Crippen LogP contribution in [-0.4, -0.2) is 0 Å². The first-order valence-electron chi connectivity index (χ1n) is 3.02. The molecule has 1 aromatic rings. The maximum Gasteiger partial charge on any atom is 0.0943 e. The molecule has 2 N–H and O–H groups in total. The molecule has 0 unspecified atom stereocenters. The standard InChI is InChI=1S/C7H6N3/c1-2-4-7-6(3-1)5-8-10-9-7/h1-4,8,10H. The fourth-order valence-corrected chi connectivity index (χ4v) is 0.860. The van der Waals surface area contributed by atoms with Gasteiger partial charge in [0.05, 0.1) is 11.6 Å². The molecule has 0 atom stereocenters. The van der Waals surface area contributed by atoms with E-state index in [1.54, 1.807) is 0 Å². The summed E-state index contributed by atoms with van der Waals surface area (Å²) in [5, 5.41) is 5.87. The van der Waals surface area contributed by atoms with Crippen LogP contribution in [0.3, 0.4) is 0 Å². The van der Waals surface area contributed by atoms with Crippen molar-refractivity contribution < 1.29 is 0 Å². The zero-order valence-corrected chi connectivity index (χ0v) is 5.26. The Bertz CT molecular complexity index is 307. The van der Waals surface area contributed by atoms with Crippen molar-refractivity contribution in [2.75, 3.05) is 0 Å². The lowest BCUT2D eigenvalue weighted by Crippen LogP contribution is -2.38. The number of hydrogen-bond acceptors (Lipinski definition) is 3. The van der Waals surface area contributed by atoms with Crippen LogP contribution in [0.25, 0.3) is 6.20 Å². The topological polar surface area (TPSA) is 36.4 Å². The van der Waals surface area contributed by atoms with E-state index >= 15 is 0 Å². The number of hydrazine groups is 1. The van der Waals surface area contributed by atoms with Crippen molar-refractivity contribution >= 4 is 6.20 Å². The quantitative estimate of drug-likeness (QED) is 0.472. The van der Waals surface area contributed by atoms with E-state index in [0.29, 0.717) is 0 Å². The van der Waals surface area contributed by atoms with Crippen LogP contribution in [0.1, 0.15) is 0 Å². The second-order valence-corrected chi connectivity index (χ2v) is 1.99. The molecule has 1 aliphatic heterocycles. The molecule has 1 heterocycles. The van der Waals surface area contributed by atoms with E-state index in [9.17, 15) is 0 Å². The molecule has 1 aliphatic rings. The molecule has 49 valence electrons. The van der Waals surface area contributed by atoms with Gasteiger partial charge in [-0.1, -0.05) is 18.2 Å². The van der Waals surface area contributed by atoms with Crippen molar-refractivity contribution in [3.63, 3.8) is 0 Å². The molecule has 1 aromatic carbocycles. The first-order chi connectivity index (χ1) is 4.97. The minimum absolute atomic E-state index is 0.918. The molecule has 10 heavy (non-hydrogen) atoms. The van der Waals surface area contributed by atoms with E-state index in [2.05, 4.69) is 22.3 Å². The van der Waals surface area contributed by atoms with Gasteiger partial charge in [0, 0.05) is 5.22 Å². The van der Waals surface area contributed by atoms with Crippen molar-refractivity contribution in [3.05, 3.63) is 34.8 Å². The van der Waals surface area contributed by atoms with Gasteiger partial charge in [0.15, 0.2) is 0 Å². The Labute approximate surface area is 58.0 Å². The lowest BCUT2D eigenvalue weighted by atomic mass is 10.3. The van der Waals surface area contributed by atoms with Crippen molar-refractivity contribution in [3.8, 4) is 0 Å². The predicted molar refractivity (Wildman–Crippen MR) is 36.9 cm³/mol. The summed E-state index contributed by atoms with van der Waals surface area (Å²) in [7, 11) is 0. The van der Waals surface area contributed by atoms with Gasteiger partial charge in [0.25, 0.3) is 0 Å². The second kappa shape index (κ2) is 2.02. The van der Waals surface area contributed by atoms with Crippen molar-refractivity contribution in [2.45, 2.75) is 0 Å². The van der Waals surface area contributed by atoms with Gasteiger partial charge < -0.3 is 0 Å². The summed E-state index contributed by atoms with van der Waals surface area (Å²) in [6, 6.07) is 7.77. The highest BCUT2D eigenvalue weighted by Crippen LogP contribution is 1.71. The molecule has 0 fully saturated rings. The Hall–Kier alpha value is -1.51. The van der Waals surface area contributed by atoms with Crippen LogP contribution < -0.4 is 21.5 Å². The number of para-hydroxylation sites is 1. The number of nitrogens with zero attached hydrogens (tertiary/aromatic N) is 1. The van der Waals surface area contributed by atoms with Crippen LogP contribution in [0.15, 0.2) is 29.4 Å². The van der Waals surface area contributed by atoms with Crippen molar-refractivity contribution in [2.24, 2.45) is 5.10 Å². The molecule has 0 spiro atoms. The third-order valence-corrected chi connectivity index (χ3v) is 1.33. The van der Waals surface area contributed by atoms with Gasteiger partial charge in [0.2, 0.25) is 0 Å². The van der Waals surface area contributed by atoms with Gasteiger partial charge in [-0.05, 0) is 6.07 Å². The lowest BCUT2D eigenvalue weighted by Gasteiger charge is -2.01. The first kappa shape index (κ1) is 5.29. The maximum absolute atomic E-state index is 3.97. The normalized spacial score (nSPS) is 13.2. The van der Waals surface area contributed by atoms with E-state index in [1.165, 1.54) is 0 Å². The molecule has 2 rings (SSSR count). The summed E-state index contributed by atoms with van der Waals surface area (Å²) in [5.74, 6) is 0. The Morgan fingerprint density at radius 1 is 1.30 bits per heavy atom. The largest absolute Gasteiger partial charge is 0.282 e. The van der Waals surface area contributed by atoms with E-state index in [4.69, 9.17) is 0 Å². The number of hydrogen-bond donors (Lipinski definition) is 2. The Kier molecular flexibility index (Phi) is 1.07. The average Bonchev–Trinajstić information content (AvgIpc) is 2.05. The molecule has 0 saturated heterocycles. The molecular formula is C7H6N3. The van der Waals surface area contributed by atoms with Gasteiger partial charge >= 0.3 is 0 Å². The number of nitrogens with one attached hydrogen (secondary N) is 2. The van der Waals surface area contributed by atoms with E-state index in [1.807, 2.05) is 24.3 Å². The second-order valence-electron chi connectivity index (χ2n) is 1.99. The molecule has 0 bridgehead atoms. The summed E-state index contributed by atoms with van der Waals surface area (Å²) >= 11 is 0. The van der Waals surface area contributed by atoms with Crippen LogP contribution in [0, 0.1) is 0 Å². The minimum atomic E-state index is 0.918. The summed E-state index contributed by atoms with van der Waals surface area (Å²) in [5.41, 5.74) is 5.28. The molecule has 1 radical (unpaired) electrons. The Morgan fingerprint density at radius 3 is 3.10 bits per heavy atom. The molecule has 3 nitrogen and oxygen atoms in total. The molecule has 0 aromatic heterocycles. The highest BCUT2D eigenvalue weighted by atomic mass is 15.5. The Morgan fingerprint density at radius 2 is 2.20 bits per heavy atom. The molecule has 0 saturated carbocycles. The third-order valence-electron chi connectivity index (χ3n) is 1.33. The lowest BCUT2D eigenvalue weighted by molar-refractivity contribution is 0.657. The van der Waals surface area contributed by atoms with E-state index in [0.717, 1.165) is 10.6 Å². The maximum atomic E-state index is 3.97. The van der Waals surface area contributed by atoms with Crippen LogP contribution >= 0.6 is 0 Å². The monoisotopic (exact) mass is 132 g/mol. The fourth-order valence-electron chi connectivity index (χ4n) is 0.860. The minimum Gasteiger partial charge on any atom is -0.282 e. The summed E-state index contributed by atoms with van der Waals surface area (Å²) in [6.07, 6.45) is 2.91. The van der Waals surface area contributed by atoms with Crippen LogP contribution in [0.5, 0.6) is 0 Å². The highest BCUT2D eigenvalue weighted by molar-refractivity contribution is 5.21. The SMILES string of the molecule is [C]1=c2ccccc2=NNN1. The van der Waals surface area contributed by atoms with Gasteiger partial charge in [0.1, 0.15) is 0 Å². The number of fused-ring (bicyclic) bond motifs is 1. The molecule has 0 aliphatic carbocycles. The fraction of sp³-hybridized carbons (Fsp3) is 0. The third kappa shape index (κ3) is 0.719. The first-order valence-corrected chi connectivity index (χ1v) is 3.02. The summed E-state index contributed by atoms with van der Waals surface area (Å²) in [6.45, 7) is 0. The molecular weight excluding hydrogens is 126 g/mol. The van der Waals surface area contributed by atoms with E-state index < -0.39 is 0 Å². The summed E-state index contributed by atoms with van der Waals surface area (Å²) in [4.78, 5) is 0. The van der Waals surface area contributed by atoms with Gasteiger partial charge in [-0.2, -0.15) is 5.10 Å². The molecule has 0 amide bonds. The van der Waals surface area contributed by atoms with Gasteiger partial charge in [-0.25, -0.2) is 5.53 Å². The van der Waals surface area contributed by atoms with Crippen molar-refractivity contribution in [1.82, 2.24) is 11.0 Å². The highest BCUT2D eigenvalue weighted by Gasteiger charge is 1.88. The Balaban J connectivity index is 2.84. The van der Waals surface area contributed by atoms with Crippen LogP contribution in [-0.2, 0) is 0 Å². The van der Waals surface area contributed by atoms with Gasteiger partial charge in [-0.15, -0.1) is 0 Å². The summed E-state index contributed by atoms with van der Waals surface area (Å²) < 4.78 is 0. The van der Waals surface area contributed by atoms with Gasteiger partial charge in [-0.3, -0.25) is 5.43 Å². The molecule has 3 heteroatoms.